The molecule has 3 atom stereocenters. The molecule has 2 heterocycles. The van der Waals surface area contributed by atoms with E-state index < -0.39 is 5.97 Å². The van der Waals surface area contributed by atoms with Gasteiger partial charge in [0.15, 0.2) is 0 Å². The van der Waals surface area contributed by atoms with Gasteiger partial charge in [0.05, 0.1) is 16.9 Å². The van der Waals surface area contributed by atoms with Crippen LogP contribution in [-0.4, -0.2) is 32.8 Å². The number of carboxylic acids is 1. The molecule has 1 fully saturated rings. The van der Waals surface area contributed by atoms with Gasteiger partial charge in [-0.05, 0) is 19.3 Å². The molecule has 3 unspecified atom stereocenters. The van der Waals surface area contributed by atoms with E-state index in [2.05, 4.69) is 6.92 Å². The maximum atomic E-state index is 11.3. The Kier molecular flexibility index (Phi) is 4.10. The van der Waals surface area contributed by atoms with E-state index in [9.17, 15) is 9.90 Å². The Morgan fingerprint density at radius 1 is 1.37 bits per heavy atom. The van der Waals surface area contributed by atoms with Crippen molar-refractivity contribution in [1.82, 2.24) is 4.98 Å². The highest BCUT2D eigenvalue weighted by atomic mass is 32.2. The first-order valence-electron chi connectivity index (χ1n) is 6.62. The summed E-state index contributed by atoms with van der Waals surface area (Å²) in [6.07, 6.45) is 2.73. The van der Waals surface area contributed by atoms with Crippen molar-refractivity contribution < 1.29 is 9.90 Å². The van der Waals surface area contributed by atoms with Crippen molar-refractivity contribution in [3.63, 3.8) is 0 Å². The number of rotatable bonds is 2. The maximum Gasteiger partial charge on any atom is 0.312 e. The zero-order valence-corrected chi connectivity index (χ0v) is 13.2. The lowest BCUT2D eigenvalue weighted by Gasteiger charge is -2.25. The van der Waals surface area contributed by atoms with Crippen LogP contribution >= 0.6 is 34.9 Å². The molecule has 0 amide bonds. The average Bonchev–Trinajstić information content (AvgIpc) is 2.82. The summed E-state index contributed by atoms with van der Waals surface area (Å²) in [6, 6.07) is 0. The predicted molar refractivity (Wildman–Crippen MR) is 82.5 cm³/mol. The van der Waals surface area contributed by atoms with Crippen molar-refractivity contribution in [2.75, 3.05) is 11.5 Å². The highest BCUT2D eigenvalue weighted by molar-refractivity contribution is 8.06. The Morgan fingerprint density at radius 3 is 2.89 bits per heavy atom. The van der Waals surface area contributed by atoms with Gasteiger partial charge in [0.25, 0.3) is 0 Å². The average molecular weight is 315 g/mol. The molecule has 1 aromatic rings. The first kappa shape index (κ1) is 13.8. The summed E-state index contributed by atoms with van der Waals surface area (Å²) < 4.78 is 0. The minimum atomic E-state index is -0.712. The Morgan fingerprint density at radius 2 is 2.16 bits per heavy atom. The summed E-state index contributed by atoms with van der Waals surface area (Å²) in [6.45, 7) is 2.26. The molecule has 0 radical (unpaired) electrons. The van der Waals surface area contributed by atoms with Crippen LogP contribution in [0.5, 0.6) is 0 Å². The molecule has 6 heteroatoms. The van der Waals surface area contributed by atoms with Gasteiger partial charge in [-0.2, -0.15) is 11.8 Å². The van der Waals surface area contributed by atoms with Crippen molar-refractivity contribution in [3.05, 3.63) is 15.6 Å². The summed E-state index contributed by atoms with van der Waals surface area (Å²) in [5.74, 6) is 1.30. The highest BCUT2D eigenvalue weighted by Gasteiger charge is 2.33. The van der Waals surface area contributed by atoms with E-state index in [0.717, 1.165) is 30.0 Å². The number of carboxylic acid groups (broad SMARTS) is 1. The minimum absolute atomic E-state index is 0.370. The van der Waals surface area contributed by atoms with E-state index >= 15 is 0 Å². The normalized spacial score (nSPS) is 30.9. The first-order valence-corrected chi connectivity index (χ1v) is 9.53. The van der Waals surface area contributed by atoms with E-state index in [1.165, 1.54) is 16.4 Å². The molecule has 104 valence electrons. The molecule has 1 N–H and O–H groups in total. The molecule has 1 saturated heterocycles. The molecule has 0 spiro atoms. The summed E-state index contributed by atoms with van der Waals surface area (Å²) in [4.78, 5) is 17.3. The second kappa shape index (κ2) is 5.66. The monoisotopic (exact) mass is 315 g/mol. The van der Waals surface area contributed by atoms with Crippen LogP contribution in [0.4, 0.5) is 0 Å². The van der Waals surface area contributed by atoms with Crippen LogP contribution in [0.1, 0.15) is 46.5 Å². The summed E-state index contributed by atoms with van der Waals surface area (Å²) in [5, 5.41) is 11.5. The van der Waals surface area contributed by atoms with Crippen molar-refractivity contribution in [1.29, 1.82) is 0 Å². The Hall–Kier alpha value is -0.200. The third-order valence-corrected chi connectivity index (χ3v) is 8.16. The number of aryl methyl sites for hydroxylation is 1. The molecular formula is C13H17NO2S3. The third kappa shape index (κ3) is 2.67. The van der Waals surface area contributed by atoms with Crippen LogP contribution in [0.15, 0.2) is 0 Å². The van der Waals surface area contributed by atoms with Crippen LogP contribution in [0.25, 0.3) is 0 Å². The van der Waals surface area contributed by atoms with Gasteiger partial charge >= 0.3 is 5.97 Å². The van der Waals surface area contributed by atoms with Crippen LogP contribution in [0.2, 0.25) is 0 Å². The maximum absolute atomic E-state index is 11.3. The molecule has 0 aromatic carbocycles. The van der Waals surface area contributed by atoms with E-state index in [1.807, 2.05) is 23.5 Å². The summed E-state index contributed by atoms with van der Waals surface area (Å²) in [5.41, 5.74) is 0.863. The number of aliphatic carboxylic acids is 1. The fourth-order valence-electron chi connectivity index (χ4n) is 2.70. The molecule has 0 saturated carbocycles. The first-order chi connectivity index (χ1) is 9.16. The number of thiazole rings is 1. The lowest BCUT2D eigenvalue weighted by molar-refractivity contribution is -0.139. The zero-order valence-electron chi connectivity index (χ0n) is 10.8. The molecule has 19 heavy (non-hydrogen) atoms. The molecular weight excluding hydrogens is 298 g/mol. The number of hydrogen-bond acceptors (Lipinski definition) is 5. The van der Waals surface area contributed by atoms with Gasteiger partial charge in [0.1, 0.15) is 5.01 Å². The number of nitrogens with zero attached hydrogens (tertiary/aromatic N) is 1. The van der Waals surface area contributed by atoms with Crippen molar-refractivity contribution in [2.24, 2.45) is 0 Å². The van der Waals surface area contributed by atoms with Crippen molar-refractivity contribution >= 4 is 40.8 Å². The van der Waals surface area contributed by atoms with E-state index in [4.69, 9.17) is 4.98 Å². The van der Waals surface area contributed by atoms with Gasteiger partial charge in [-0.25, -0.2) is 4.98 Å². The number of carbonyl (C=O) groups is 1. The van der Waals surface area contributed by atoms with E-state index in [0.29, 0.717) is 10.5 Å². The Bertz CT molecular complexity index is 488. The molecule has 2 aliphatic rings. The summed E-state index contributed by atoms with van der Waals surface area (Å²) in [7, 11) is 0. The fourth-order valence-corrected chi connectivity index (χ4v) is 7.03. The number of hydrogen-bond donors (Lipinski definition) is 1. The van der Waals surface area contributed by atoms with E-state index in [1.54, 1.807) is 11.3 Å². The van der Waals surface area contributed by atoms with Gasteiger partial charge in [0.2, 0.25) is 0 Å². The molecule has 3 nitrogen and oxygen atoms in total. The SMILES string of the molecule is CC1SCCSC1c1nc2c(s1)CCCC2C(=O)O. The standard InChI is InChI=1S/C13H17NO2S3/c1-7-11(18-6-5-17-7)12-14-10-8(13(15)16)3-2-4-9(10)19-12/h7-8,11H,2-6H2,1H3,(H,15,16). The van der Waals surface area contributed by atoms with Gasteiger partial charge in [0, 0.05) is 21.6 Å². The number of aromatic nitrogens is 1. The minimum Gasteiger partial charge on any atom is -0.481 e. The summed E-state index contributed by atoms with van der Waals surface area (Å²) >= 11 is 5.74. The fraction of sp³-hybridized carbons (Fsp3) is 0.692. The van der Waals surface area contributed by atoms with Crippen molar-refractivity contribution in [3.8, 4) is 0 Å². The Balaban J connectivity index is 1.90. The van der Waals surface area contributed by atoms with E-state index in [-0.39, 0.29) is 5.92 Å². The third-order valence-electron chi connectivity index (χ3n) is 3.70. The van der Waals surface area contributed by atoms with Crippen LogP contribution in [-0.2, 0) is 11.2 Å². The molecule has 3 rings (SSSR count). The lowest BCUT2D eigenvalue weighted by atomic mass is 9.91. The molecule has 1 aliphatic carbocycles. The molecule has 0 bridgehead atoms. The quantitative estimate of drug-likeness (QED) is 0.904. The molecule has 1 aliphatic heterocycles. The number of thioether (sulfide) groups is 2. The van der Waals surface area contributed by atoms with Gasteiger partial charge < -0.3 is 5.11 Å². The topological polar surface area (TPSA) is 50.2 Å². The second-order valence-electron chi connectivity index (χ2n) is 5.01. The van der Waals surface area contributed by atoms with Crippen LogP contribution < -0.4 is 0 Å². The van der Waals surface area contributed by atoms with Crippen LogP contribution in [0, 0.1) is 0 Å². The zero-order chi connectivity index (χ0) is 13.4. The number of fused-ring (bicyclic) bond motifs is 1. The predicted octanol–water partition coefficient (Wildman–Crippen LogP) is 3.56. The van der Waals surface area contributed by atoms with Gasteiger partial charge in [-0.1, -0.05) is 6.92 Å². The smallest absolute Gasteiger partial charge is 0.312 e. The van der Waals surface area contributed by atoms with Gasteiger partial charge in [-0.3, -0.25) is 4.79 Å². The van der Waals surface area contributed by atoms with Crippen molar-refractivity contribution in [2.45, 2.75) is 42.6 Å². The second-order valence-corrected chi connectivity index (χ2v) is 8.86. The molecule has 1 aromatic heterocycles. The lowest BCUT2D eigenvalue weighted by Crippen LogP contribution is -2.18. The highest BCUT2D eigenvalue weighted by Crippen LogP contribution is 2.46. The Labute approximate surface area is 125 Å². The largest absolute Gasteiger partial charge is 0.481 e. The van der Waals surface area contributed by atoms with Gasteiger partial charge in [-0.15, -0.1) is 23.1 Å². The van der Waals surface area contributed by atoms with Crippen LogP contribution in [0.3, 0.4) is 0 Å².